The van der Waals surface area contributed by atoms with E-state index in [1.54, 1.807) is 12.4 Å². The van der Waals surface area contributed by atoms with Crippen molar-refractivity contribution in [3.05, 3.63) is 38.0 Å². The van der Waals surface area contributed by atoms with Crippen molar-refractivity contribution in [2.75, 3.05) is 32.7 Å². The Morgan fingerprint density at radius 2 is 1.68 bits per heavy atom. The maximum Gasteiger partial charge on any atom is 0.0971 e. The van der Waals surface area contributed by atoms with Gasteiger partial charge in [-0.25, -0.2) is 0 Å². The fourth-order valence-electron chi connectivity index (χ4n) is 6.27. The fraction of sp³-hybridized carbons (Fsp3) is 0.769. The Labute approximate surface area is 191 Å². The molecule has 5 nitrogen and oxygen atoms in total. The van der Waals surface area contributed by atoms with Crippen LogP contribution in [0.15, 0.2) is 38.0 Å². The monoisotopic (exact) mass is 429 g/mol. The molecule has 4 aliphatic heterocycles. The molecule has 176 valence electrons. The van der Waals surface area contributed by atoms with Crippen molar-refractivity contribution in [1.29, 1.82) is 0 Å². The predicted molar refractivity (Wildman–Crippen MR) is 133 cm³/mol. The number of nitrogens with one attached hydrogen (secondary N) is 2. The maximum absolute atomic E-state index is 4.46. The highest BCUT2D eigenvalue weighted by molar-refractivity contribution is 5.05. The highest BCUT2D eigenvalue weighted by atomic mass is 15.4. The molecule has 4 saturated heterocycles. The molecule has 0 radical (unpaired) electrons. The van der Waals surface area contributed by atoms with Gasteiger partial charge in [0.25, 0.3) is 0 Å². The van der Waals surface area contributed by atoms with E-state index in [-0.39, 0.29) is 0 Å². The standard InChI is InChI=1S/C22H40N4.C4H7N/c1-4-5-17(2)25-12-13-26(18(25)3)22-8-10-24(11-9-22)16-19-14-20-6-7-21(15-19)23-20;1-3-5-4-2/h17,19-23H,3-16H2,1-2H3;3-5H,1-2H2. The highest BCUT2D eigenvalue weighted by Gasteiger charge is 2.36. The largest absolute Gasteiger partial charge is 0.369 e. The minimum Gasteiger partial charge on any atom is -0.369 e. The van der Waals surface area contributed by atoms with Crippen LogP contribution in [0.3, 0.4) is 0 Å². The minimum absolute atomic E-state index is 0.646. The molecule has 0 aromatic heterocycles. The van der Waals surface area contributed by atoms with Crippen LogP contribution < -0.4 is 10.6 Å². The summed E-state index contributed by atoms with van der Waals surface area (Å²) in [7, 11) is 0. The first-order valence-electron chi connectivity index (χ1n) is 12.7. The Kier molecular flexibility index (Phi) is 9.33. The molecule has 5 heteroatoms. The number of hydrogen-bond donors (Lipinski definition) is 2. The molecule has 0 aromatic carbocycles. The summed E-state index contributed by atoms with van der Waals surface area (Å²) in [6.07, 6.45) is 14.0. The SMILES string of the molecule is C=C1N(C(C)CCC)CCN1C1CCN(CC2CC3CCC(C2)N3)CC1.C=CNC=C. The van der Waals surface area contributed by atoms with E-state index in [9.17, 15) is 0 Å². The summed E-state index contributed by atoms with van der Waals surface area (Å²) >= 11 is 0. The molecule has 3 atom stereocenters. The van der Waals surface area contributed by atoms with E-state index < -0.39 is 0 Å². The summed E-state index contributed by atoms with van der Waals surface area (Å²) in [4.78, 5) is 7.96. The lowest BCUT2D eigenvalue weighted by molar-refractivity contribution is 0.112. The summed E-state index contributed by atoms with van der Waals surface area (Å²) in [5.41, 5.74) is 0. The van der Waals surface area contributed by atoms with Gasteiger partial charge < -0.3 is 25.3 Å². The van der Waals surface area contributed by atoms with Crippen LogP contribution in [0.2, 0.25) is 0 Å². The van der Waals surface area contributed by atoms with E-state index in [2.05, 4.69) is 58.9 Å². The van der Waals surface area contributed by atoms with Gasteiger partial charge in [-0.3, -0.25) is 0 Å². The number of piperidine rings is 2. The molecule has 2 N–H and O–H groups in total. The topological polar surface area (TPSA) is 33.8 Å². The summed E-state index contributed by atoms with van der Waals surface area (Å²) in [6.45, 7) is 22.2. The van der Waals surface area contributed by atoms with Gasteiger partial charge in [0.2, 0.25) is 0 Å². The molecule has 0 aromatic rings. The summed E-state index contributed by atoms with van der Waals surface area (Å²) in [5, 5.41) is 6.43. The minimum atomic E-state index is 0.646. The second-order valence-corrected chi connectivity index (χ2v) is 10.0. The molecule has 0 saturated carbocycles. The van der Waals surface area contributed by atoms with Crippen LogP contribution in [0.25, 0.3) is 0 Å². The first-order chi connectivity index (χ1) is 15.0. The lowest BCUT2D eigenvalue weighted by atomic mass is 9.91. The molecule has 0 amide bonds. The molecule has 0 aliphatic carbocycles. The molecule has 4 heterocycles. The second-order valence-electron chi connectivity index (χ2n) is 10.0. The van der Waals surface area contributed by atoms with Crippen molar-refractivity contribution < 1.29 is 0 Å². The normalized spacial score (nSPS) is 30.0. The molecule has 0 spiro atoms. The molecule has 4 aliphatic rings. The van der Waals surface area contributed by atoms with Gasteiger partial charge in [-0.1, -0.05) is 33.1 Å². The van der Waals surface area contributed by atoms with Gasteiger partial charge in [0, 0.05) is 56.9 Å². The van der Waals surface area contributed by atoms with E-state index in [0.717, 1.165) is 24.0 Å². The average Bonchev–Trinajstić information content (AvgIpc) is 3.31. The second kappa shape index (κ2) is 12.0. The highest BCUT2D eigenvalue weighted by Crippen LogP contribution is 2.33. The van der Waals surface area contributed by atoms with Crippen molar-refractivity contribution in [1.82, 2.24) is 25.3 Å². The molecule has 4 rings (SSSR count). The maximum atomic E-state index is 4.46. The zero-order valence-electron chi connectivity index (χ0n) is 20.2. The van der Waals surface area contributed by atoms with Crippen molar-refractivity contribution >= 4 is 0 Å². The van der Waals surface area contributed by atoms with E-state index in [0.29, 0.717) is 6.04 Å². The zero-order valence-corrected chi connectivity index (χ0v) is 20.2. The molecular formula is C26H47N5. The van der Waals surface area contributed by atoms with Crippen LogP contribution in [0.4, 0.5) is 0 Å². The number of hydrogen-bond acceptors (Lipinski definition) is 5. The number of fused-ring (bicyclic) bond motifs is 2. The van der Waals surface area contributed by atoms with Crippen LogP contribution in [0.5, 0.6) is 0 Å². The van der Waals surface area contributed by atoms with Gasteiger partial charge in [0.15, 0.2) is 0 Å². The van der Waals surface area contributed by atoms with Gasteiger partial charge in [-0.15, -0.1) is 0 Å². The lowest BCUT2D eigenvalue weighted by Crippen LogP contribution is -2.47. The summed E-state index contributed by atoms with van der Waals surface area (Å²) in [5.74, 6) is 2.25. The third kappa shape index (κ3) is 6.52. The Balaban J connectivity index is 0.000000491. The Bertz CT molecular complexity index is 564. The van der Waals surface area contributed by atoms with Gasteiger partial charge in [0.05, 0.1) is 5.82 Å². The first kappa shape index (κ1) is 24.2. The third-order valence-electron chi connectivity index (χ3n) is 7.80. The number of likely N-dealkylation sites (tertiary alicyclic amines) is 1. The van der Waals surface area contributed by atoms with Gasteiger partial charge in [0.1, 0.15) is 0 Å². The van der Waals surface area contributed by atoms with Crippen molar-refractivity contribution in [3.8, 4) is 0 Å². The van der Waals surface area contributed by atoms with Crippen LogP contribution in [-0.2, 0) is 0 Å². The number of rotatable bonds is 8. The number of nitrogens with zero attached hydrogens (tertiary/aromatic N) is 3. The van der Waals surface area contributed by atoms with E-state index in [1.165, 1.54) is 89.9 Å². The predicted octanol–water partition coefficient (Wildman–Crippen LogP) is 4.12. The lowest BCUT2D eigenvalue weighted by Gasteiger charge is -2.41. The smallest absolute Gasteiger partial charge is 0.0971 e. The molecule has 4 fully saturated rings. The van der Waals surface area contributed by atoms with E-state index in [4.69, 9.17) is 0 Å². The third-order valence-corrected chi connectivity index (χ3v) is 7.80. The average molecular weight is 430 g/mol. The summed E-state index contributed by atoms with van der Waals surface area (Å²) in [6, 6.07) is 3.04. The molecule has 3 unspecified atom stereocenters. The zero-order chi connectivity index (χ0) is 22.2. The summed E-state index contributed by atoms with van der Waals surface area (Å²) < 4.78 is 0. The van der Waals surface area contributed by atoms with Crippen LogP contribution in [0.1, 0.15) is 65.2 Å². The quantitative estimate of drug-likeness (QED) is 0.607. The molecular weight excluding hydrogens is 382 g/mol. The Morgan fingerprint density at radius 3 is 2.23 bits per heavy atom. The fourth-order valence-corrected chi connectivity index (χ4v) is 6.27. The molecule has 2 bridgehead atoms. The van der Waals surface area contributed by atoms with E-state index >= 15 is 0 Å². The van der Waals surface area contributed by atoms with E-state index in [1.807, 2.05) is 0 Å². The van der Waals surface area contributed by atoms with Gasteiger partial charge >= 0.3 is 0 Å². The van der Waals surface area contributed by atoms with Gasteiger partial charge in [-0.05, 0) is 70.2 Å². The Morgan fingerprint density at radius 1 is 1.03 bits per heavy atom. The van der Waals surface area contributed by atoms with Crippen LogP contribution in [0, 0.1) is 5.92 Å². The van der Waals surface area contributed by atoms with Crippen LogP contribution in [-0.4, -0.2) is 71.6 Å². The van der Waals surface area contributed by atoms with Gasteiger partial charge in [-0.2, -0.15) is 0 Å². The van der Waals surface area contributed by atoms with Crippen molar-refractivity contribution in [3.63, 3.8) is 0 Å². The van der Waals surface area contributed by atoms with Crippen LogP contribution >= 0.6 is 0 Å². The van der Waals surface area contributed by atoms with Crippen molar-refractivity contribution in [2.24, 2.45) is 5.92 Å². The molecule has 31 heavy (non-hydrogen) atoms. The Hall–Kier alpha value is -1.46. The van der Waals surface area contributed by atoms with Crippen molar-refractivity contribution in [2.45, 2.75) is 89.4 Å². The first-order valence-corrected chi connectivity index (χ1v) is 12.7.